The molecule has 138 valence electrons. The van der Waals surface area contributed by atoms with Crippen LogP contribution in [0.15, 0.2) is 22.9 Å². The number of nitriles is 1. The van der Waals surface area contributed by atoms with Crippen molar-refractivity contribution in [2.45, 2.75) is 32.8 Å². The minimum atomic E-state index is -0.501. The van der Waals surface area contributed by atoms with Gasteiger partial charge in [-0.2, -0.15) is 10.4 Å². The van der Waals surface area contributed by atoms with Gasteiger partial charge in [0.1, 0.15) is 17.2 Å². The molecule has 7 nitrogen and oxygen atoms in total. The van der Waals surface area contributed by atoms with E-state index in [0.29, 0.717) is 25.2 Å². The number of pyridine rings is 1. The van der Waals surface area contributed by atoms with Crippen LogP contribution >= 0.6 is 15.9 Å². The quantitative estimate of drug-likeness (QED) is 0.707. The first kappa shape index (κ1) is 18.5. The van der Waals surface area contributed by atoms with Crippen molar-refractivity contribution in [2.75, 3.05) is 31.1 Å². The van der Waals surface area contributed by atoms with Gasteiger partial charge in [0.15, 0.2) is 0 Å². The van der Waals surface area contributed by atoms with Crippen LogP contribution in [0.25, 0.3) is 5.52 Å². The molecule has 0 N–H and O–H groups in total. The number of aromatic nitrogens is 2. The molecule has 0 unspecified atom stereocenters. The van der Waals surface area contributed by atoms with Gasteiger partial charge in [0.25, 0.3) is 0 Å². The zero-order valence-electron chi connectivity index (χ0n) is 15.2. The van der Waals surface area contributed by atoms with E-state index in [1.165, 1.54) is 0 Å². The molecule has 3 rings (SSSR count). The van der Waals surface area contributed by atoms with Crippen molar-refractivity contribution in [3.05, 3.63) is 28.5 Å². The van der Waals surface area contributed by atoms with E-state index in [0.717, 1.165) is 28.6 Å². The van der Waals surface area contributed by atoms with Crippen LogP contribution in [0.3, 0.4) is 0 Å². The van der Waals surface area contributed by atoms with Gasteiger partial charge in [0.2, 0.25) is 0 Å². The zero-order valence-corrected chi connectivity index (χ0v) is 16.8. The highest BCUT2D eigenvalue weighted by Gasteiger charge is 2.25. The first-order chi connectivity index (χ1) is 12.3. The second-order valence-electron chi connectivity index (χ2n) is 7.31. The molecule has 1 amide bonds. The summed E-state index contributed by atoms with van der Waals surface area (Å²) in [5.41, 5.74) is 1.78. The average Bonchev–Trinajstić information content (AvgIpc) is 2.80. The Balaban J connectivity index is 1.84. The molecule has 1 aliphatic rings. The second kappa shape index (κ2) is 7.16. The summed E-state index contributed by atoms with van der Waals surface area (Å²) in [4.78, 5) is 16.3. The Bertz CT molecular complexity index is 865. The number of halogens is 1. The number of hydrogen-bond acceptors (Lipinski definition) is 5. The molecule has 3 heterocycles. The lowest BCUT2D eigenvalue weighted by atomic mass is 10.2. The van der Waals surface area contributed by atoms with E-state index in [2.05, 4.69) is 32.0 Å². The number of nitrogens with zero attached hydrogens (tertiary/aromatic N) is 5. The van der Waals surface area contributed by atoms with Crippen molar-refractivity contribution < 1.29 is 9.53 Å². The van der Waals surface area contributed by atoms with Crippen molar-refractivity contribution in [3.63, 3.8) is 0 Å². The lowest BCUT2D eigenvalue weighted by molar-refractivity contribution is 0.0263. The fraction of sp³-hybridized carbons (Fsp3) is 0.500. The van der Waals surface area contributed by atoms with Gasteiger partial charge in [0.05, 0.1) is 17.4 Å². The van der Waals surface area contributed by atoms with Crippen LogP contribution in [0.4, 0.5) is 10.5 Å². The van der Waals surface area contributed by atoms with Crippen LogP contribution in [-0.4, -0.2) is 52.4 Å². The highest BCUT2D eigenvalue weighted by molar-refractivity contribution is 9.10. The molecular weight excluding hydrogens is 398 g/mol. The summed E-state index contributed by atoms with van der Waals surface area (Å²) in [7, 11) is 0. The summed E-state index contributed by atoms with van der Waals surface area (Å²) >= 11 is 3.51. The Labute approximate surface area is 161 Å². The van der Waals surface area contributed by atoms with Gasteiger partial charge in [-0.3, -0.25) is 0 Å². The normalized spacial score (nSPS) is 15.7. The third kappa shape index (κ3) is 3.93. The standard InChI is InChI=1S/C18H22BrN5O2/c1-18(2,3)26-17(25)23-6-4-5-22(7-8-23)15-9-14(19)12-24-16(15)13(10-20)11-21-24/h9,11-12H,4-8H2,1-3H3. The summed E-state index contributed by atoms with van der Waals surface area (Å²) in [5, 5.41) is 13.7. The molecule has 1 fully saturated rings. The molecular formula is C18H22BrN5O2. The monoisotopic (exact) mass is 419 g/mol. The molecule has 26 heavy (non-hydrogen) atoms. The highest BCUT2D eigenvalue weighted by atomic mass is 79.9. The van der Waals surface area contributed by atoms with Crippen molar-refractivity contribution >= 4 is 33.2 Å². The number of amides is 1. The molecule has 0 aliphatic carbocycles. The molecule has 0 spiro atoms. The highest BCUT2D eigenvalue weighted by Crippen LogP contribution is 2.29. The van der Waals surface area contributed by atoms with Gasteiger partial charge in [-0.15, -0.1) is 0 Å². The molecule has 2 aromatic heterocycles. The first-order valence-electron chi connectivity index (χ1n) is 8.58. The fourth-order valence-electron chi connectivity index (χ4n) is 3.06. The predicted molar refractivity (Wildman–Crippen MR) is 102 cm³/mol. The predicted octanol–water partition coefficient (Wildman–Crippen LogP) is 3.42. The van der Waals surface area contributed by atoms with Gasteiger partial charge >= 0.3 is 6.09 Å². The lowest BCUT2D eigenvalue weighted by Crippen LogP contribution is -2.39. The Morgan fingerprint density at radius 3 is 2.77 bits per heavy atom. The van der Waals surface area contributed by atoms with E-state index in [9.17, 15) is 10.1 Å². The molecule has 1 saturated heterocycles. The average molecular weight is 420 g/mol. The van der Waals surface area contributed by atoms with Gasteiger partial charge in [-0.25, -0.2) is 9.31 Å². The van der Waals surface area contributed by atoms with Crippen LogP contribution in [-0.2, 0) is 4.74 Å². The van der Waals surface area contributed by atoms with Gasteiger partial charge in [0, 0.05) is 36.8 Å². The zero-order chi connectivity index (χ0) is 18.9. The van der Waals surface area contributed by atoms with Crippen LogP contribution in [0, 0.1) is 11.3 Å². The van der Waals surface area contributed by atoms with E-state index >= 15 is 0 Å². The van der Waals surface area contributed by atoms with Crippen LogP contribution in [0.5, 0.6) is 0 Å². The number of carbonyl (C=O) groups excluding carboxylic acids is 1. The topological polar surface area (TPSA) is 73.9 Å². The number of rotatable bonds is 1. The SMILES string of the molecule is CC(C)(C)OC(=O)N1CCCN(c2cc(Br)cn3ncc(C#N)c23)CC1. The molecule has 2 aromatic rings. The molecule has 0 saturated carbocycles. The molecule has 0 radical (unpaired) electrons. The summed E-state index contributed by atoms with van der Waals surface area (Å²) in [6.45, 7) is 8.30. The van der Waals surface area contributed by atoms with Crippen molar-refractivity contribution in [2.24, 2.45) is 0 Å². The van der Waals surface area contributed by atoms with E-state index < -0.39 is 5.60 Å². The second-order valence-corrected chi connectivity index (χ2v) is 8.23. The molecule has 0 bridgehead atoms. The van der Waals surface area contributed by atoms with Crippen LogP contribution in [0.1, 0.15) is 32.8 Å². The molecule has 8 heteroatoms. The maximum absolute atomic E-state index is 12.4. The summed E-state index contributed by atoms with van der Waals surface area (Å²) in [6, 6.07) is 4.21. The largest absolute Gasteiger partial charge is 0.444 e. The van der Waals surface area contributed by atoms with E-state index in [1.807, 2.05) is 33.0 Å². The van der Waals surface area contributed by atoms with E-state index in [4.69, 9.17) is 4.74 Å². The van der Waals surface area contributed by atoms with Crippen LogP contribution in [0.2, 0.25) is 0 Å². The Morgan fingerprint density at radius 2 is 2.08 bits per heavy atom. The number of carbonyl (C=O) groups is 1. The molecule has 0 aromatic carbocycles. The van der Waals surface area contributed by atoms with E-state index in [1.54, 1.807) is 15.6 Å². The third-order valence-corrected chi connectivity index (χ3v) is 4.60. The number of fused-ring (bicyclic) bond motifs is 1. The number of anilines is 1. The summed E-state index contributed by atoms with van der Waals surface area (Å²) < 4.78 is 8.10. The minimum absolute atomic E-state index is 0.277. The number of hydrogen-bond donors (Lipinski definition) is 0. The van der Waals surface area contributed by atoms with Crippen molar-refractivity contribution in [1.29, 1.82) is 5.26 Å². The third-order valence-electron chi connectivity index (χ3n) is 4.17. The Kier molecular flexibility index (Phi) is 5.10. The molecule has 0 atom stereocenters. The maximum Gasteiger partial charge on any atom is 0.410 e. The van der Waals surface area contributed by atoms with Crippen LogP contribution < -0.4 is 4.90 Å². The summed E-state index contributed by atoms with van der Waals surface area (Å²) in [5.74, 6) is 0. The Morgan fingerprint density at radius 1 is 1.31 bits per heavy atom. The smallest absolute Gasteiger partial charge is 0.410 e. The van der Waals surface area contributed by atoms with Gasteiger partial charge in [-0.05, 0) is 49.2 Å². The van der Waals surface area contributed by atoms with Gasteiger partial charge < -0.3 is 14.5 Å². The fourth-order valence-corrected chi connectivity index (χ4v) is 3.47. The minimum Gasteiger partial charge on any atom is -0.444 e. The number of ether oxygens (including phenoxy) is 1. The first-order valence-corrected chi connectivity index (χ1v) is 9.37. The summed E-state index contributed by atoms with van der Waals surface area (Å²) in [6.07, 6.45) is 3.97. The Hall–Kier alpha value is -2.27. The lowest BCUT2D eigenvalue weighted by Gasteiger charge is -2.27. The van der Waals surface area contributed by atoms with Crippen molar-refractivity contribution in [3.8, 4) is 6.07 Å². The van der Waals surface area contributed by atoms with Crippen molar-refractivity contribution in [1.82, 2.24) is 14.5 Å². The molecule has 1 aliphatic heterocycles. The maximum atomic E-state index is 12.4. The van der Waals surface area contributed by atoms with E-state index in [-0.39, 0.29) is 6.09 Å². The van der Waals surface area contributed by atoms with Gasteiger partial charge in [-0.1, -0.05) is 0 Å².